The van der Waals surface area contributed by atoms with E-state index in [2.05, 4.69) is 25.4 Å². The number of likely N-dealkylation sites (N-methyl/N-ethyl adjacent to an activating group) is 1. The molecule has 0 bridgehead atoms. The second kappa shape index (κ2) is 30.4. The number of rotatable bonds is 23. The van der Waals surface area contributed by atoms with E-state index in [-0.39, 0.29) is 32.7 Å². The Morgan fingerprint density at radius 2 is 1.63 bits per heavy atom. The van der Waals surface area contributed by atoms with Crippen molar-refractivity contribution in [2.24, 2.45) is 28.8 Å². The number of aliphatic hydroxyl groups excluding tert-OH is 3. The molecule has 24 heteroatoms. The highest BCUT2D eigenvalue weighted by Crippen LogP contribution is 2.42. The smallest absolute Gasteiger partial charge is 0.311 e. The number of carbonyl (C=O) groups excluding carboxylic acids is 1. The van der Waals surface area contributed by atoms with Gasteiger partial charge >= 0.3 is 5.97 Å². The molecular weight excluding hydrogens is 1080 g/mol. The van der Waals surface area contributed by atoms with E-state index in [0.29, 0.717) is 43.1 Å². The molecule has 3 saturated heterocycles. The predicted octanol–water partition coefficient (Wildman–Crippen LogP) is 5.42. The van der Waals surface area contributed by atoms with Crippen molar-refractivity contribution in [3.63, 3.8) is 0 Å². The van der Waals surface area contributed by atoms with Crippen LogP contribution in [-0.4, -0.2) is 215 Å². The number of methoxy groups -OCH3 is 4. The number of nitrogens with zero attached hydrogens (tertiary/aromatic N) is 7. The number of aromatic nitrogens is 5. The normalized spacial score (nSPS) is 36.3. The molecular formula is C59H94FN7O16. The van der Waals surface area contributed by atoms with E-state index in [1.807, 2.05) is 63.9 Å². The van der Waals surface area contributed by atoms with Crippen LogP contribution in [0.25, 0.3) is 11.3 Å². The molecule has 3 fully saturated rings. The zero-order valence-electron chi connectivity index (χ0n) is 51.2. The maximum atomic E-state index is 15.0. The first-order chi connectivity index (χ1) is 39.4. The lowest BCUT2D eigenvalue weighted by atomic mass is 9.73. The van der Waals surface area contributed by atoms with Crippen LogP contribution in [0.4, 0.5) is 4.39 Å². The summed E-state index contributed by atoms with van der Waals surface area (Å²) in [6.45, 7) is 17.4. The molecule has 20 atom stereocenters. The molecule has 0 radical (unpaired) electrons. The summed E-state index contributed by atoms with van der Waals surface area (Å²) in [5, 5.41) is 61.4. The third-order valence-corrected chi connectivity index (χ3v) is 17.4. The first-order valence-electron chi connectivity index (χ1n) is 28.9. The molecule has 4 N–H and O–H groups in total. The minimum atomic E-state index is -1.99. The predicted molar refractivity (Wildman–Crippen MR) is 302 cm³/mol. The maximum absolute atomic E-state index is 15.0. The zero-order valence-corrected chi connectivity index (χ0v) is 51.2. The minimum absolute atomic E-state index is 0.0759. The quantitative estimate of drug-likeness (QED) is 0.0399. The Morgan fingerprint density at radius 1 is 0.916 bits per heavy atom. The first-order valence-corrected chi connectivity index (χ1v) is 28.9. The summed E-state index contributed by atoms with van der Waals surface area (Å²) in [6.07, 6.45) is -3.51. The monoisotopic (exact) mass is 1180 g/mol. The van der Waals surface area contributed by atoms with Gasteiger partial charge in [-0.25, -0.2) is 9.07 Å². The highest BCUT2D eigenvalue weighted by atomic mass is 19.1. The molecule has 3 aliphatic rings. The molecule has 468 valence electrons. The van der Waals surface area contributed by atoms with Gasteiger partial charge in [0, 0.05) is 95.8 Å². The standard InChI is InChI=1S/C59H94FN7O16/c1-16-46-59(10,72)52(69)36(4)48(64-78-33-77-26-25-73-12)34(2)28-58(9,76-15)54(37(5)50(38(6)55(71)81-46)82-47-29-57(8,75-14)53(70)39(7)80-47)83-56-49(68)44(27-35(3)79-56)66(11)24-21-42-32-67(65-63-42)45(30-60)51(74-13)41-19-17-40(18-20-41)43-31-61-22-23-62-43/h17-20,22-23,31-32,34-39,44-47,49-54,56,68-70,72H,16,21,24-30,33H2,1-15H3/b64-48+/t34-,35-,36+,37+,38-,39+,44+,45-,46-,47+,49-,50+,51-,52-,53+,54-,56+,57-,58-,59-/m1/s1. The van der Waals surface area contributed by atoms with Gasteiger partial charge < -0.3 is 77.5 Å². The molecule has 5 heterocycles. The fourth-order valence-corrected chi connectivity index (χ4v) is 12.2. The van der Waals surface area contributed by atoms with E-state index in [1.165, 1.54) is 32.9 Å². The van der Waals surface area contributed by atoms with E-state index in [0.717, 1.165) is 11.1 Å². The van der Waals surface area contributed by atoms with Crippen molar-refractivity contribution in [2.75, 3.05) is 68.7 Å². The molecule has 6 rings (SSSR count). The Kier molecular flexibility index (Phi) is 24.9. The van der Waals surface area contributed by atoms with Gasteiger partial charge in [0.1, 0.15) is 42.7 Å². The van der Waals surface area contributed by atoms with Crippen LogP contribution < -0.4 is 0 Å². The van der Waals surface area contributed by atoms with Crippen molar-refractivity contribution in [1.82, 2.24) is 29.9 Å². The third-order valence-electron chi connectivity index (χ3n) is 17.4. The number of esters is 1. The molecule has 2 aromatic heterocycles. The third kappa shape index (κ3) is 16.2. The largest absolute Gasteiger partial charge is 0.459 e. The summed E-state index contributed by atoms with van der Waals surface area (Å²) < 4.78 is 78.6. The number of ether oxygens (including phenoxy) is 10. The summed E-state index contributed by atoms with van der Waals surface area (Å²) in [5.74, 6) is -4.09. The zero-order chi connectivity index (χ0) is 61.0. The summed E-state index contributed by atoms with van der Waals surface area (Å²) >= 11 is 0. The summed E-state index contributed by atoms with van der Waals surface area (Å²) in [5.41, 5.74) is -1.17. The first kappa shape index (κ1) is 67.9. The van der Waals surface area contributed by atoms with Crippen molar-refractivity contribution in [2.45, 2.75) is 198 Å². The Labute approximate surface area is 488 Å². The Hall–Kier alpha value is -4.25. The number of benzene rings is 1. The van der Waals surface area contributed by atoms with Gasteiger partial charge in [0.25, 0.3) is 0 Å². The van der Waals surface area contributed by atoms with E-state index in [4.69, 9.17) is 52.2 Å². The van der Waals surface area contributed by atoms with Gasteiger partial charge in [-0.05, 0) is 73.4 Å². The van der Waals surface area contributed by atoms with E-state index in [9.17, 15) is 25.2 Å². The van der Waals surface area contributed by atoms with Crippen LogP contribution in [-0.2, 0) is 63.4 Å². The summed E-state index contributed by atoms with van der Waals surface area (Å²) in [4.78, 5) is 31.0. The second-order valence-electron chi connectivity index (χ2n) is 23.4. The van der Waals surface area contributed by atoms with Gasteiger partial charge in [-0.15, -0.1) is 5.10 Å². The fourth-order valence-electron chi connectivity index (χ4n) is 12.2. The van der Waals surface area contributed by atoms with Gasteiger partial charge in [-0.3, -0.25) is 14.8 Å². The SMILES string of the molecule is CC[C@H]1OC(=O)[C@H](C)[C@@H](O[C@H]2C[C@@](C)(OC)[C@@H](O)[C@H](C)O2)[C@H](C)[C@@H](O[C@@H]2O[C@H](C)C[C@H](N(C)CCc3cn([C@H](CF)[C@H](OC)c4ccc(-c5cnccn5)cc4)nn3)[C@H]2O)[C@](C)(OC)C[C@@H](C)/C(=N\OCOCCOC)[C@H](C)[C@@H](O)[C@]1(C)O. The highest BCUT2D eigenvalue weighted by Gasteiger charge is 2.54. The summed E-state index contributed by atoms with van der Waals surface area (Å²) in [6, 6.07) is 6.19. The fraction of sp³-hybridized carbons (Fsp3) is 0.763. The average molecular weight is 1180 g/mol. The highest BCUT2D eigenvalue weighted by molar-refractivity contribution is 5.88. The number of hydrogen-bond acceptors (Lipinski definition) is 22. The Bertz CT molecular complexity index is 2470. The van der Waals surface area contributed by atoms with Crippen LogP contribution in [0, 0.1) is 23.7 Å². The van der Waals surface area contributed by atoms with Crippen LogP contribution in [0.1, 0.15) is 118 Å². The molecule has 0 aliphatic carbocycles. The van der Waals surface area contributed by atoms with Crippen molar-refractivity contribution >= 4 is 11.7 Å². The number of oxime groups is 1. The number of hydrogen-bond donors (Lipinski definition) is 4. The number of halogens is 1. The Balaban J connectivity index is 1.31. The van der Waals surface area contributed by atoms with Crippen LogP contribution in [0.2, 0.25) is 0 Å². The van der Waals surface area contributed by atoms with Crippen LogP contribution in [0.5, 0.6) is 0 Å². The molecule has 1 aromatic carbocycles. The number of cyclic esters (lactones) is 1. The van der Waals surface area contributed by atoms with E-state index < -0.39 is 133 Å². The molecule has 0 amide bonds. The van der Waals surface area contributed by atoms with Crippen LogP contribution in [0.3, 0.4) is 0 Å². The van der Waals surface area contributed by atoms with Crippen molar-refractivity contribution in [1.29, 1.82) is 0 Å². The van der Waals surface area contributed by atoms with E-state index >= 15 is 4.39 Å². The molecule has 3 aromatic rings. The second-order valence-corrected chi connectivity index (χ2v) is 23.4. The lowest BCUT2D eigenvalue weighted by molar-refractivity contribution is -0.319. The molecule has 0 unspecified atom stereocenters. The minimum Gasteiger partial charge on any atom is -0.459 e. The van der Waals surface area contributed by atoms with Crippen molar-refractivity contribution in [3.8, 4) is 11.3 Å². The van der Waals surface area contributed by atoms with Crippen molar-refractivity contribution < 1.29 is 81.8 Å². The van der Waals surface area contributed by atoms with Gasteiger partial charge in [-0.1, -0.05) is 62.3 Å². The number of carbonyl (C=O) groups is 1. The topological polar surface area (TPSA) is 272 Å². The maximum Gasteiger partial charge on any atom is 0.311 e. The molecule has 23 nitrogen and oxygen atoms in total. The number of alkyl halides is 1. The van der Waals surface area contributed by atoms with Gasteiger partial charge in [-0.2, -0.15) is 0 Å². The van der Waals surface area contributed by atoms with Gasteiger partial charge in [0.15, 0.2) is 12.6 Å². The average Bonchev–Trinajstić information content (AvgIpc) is 4.01. The molecule has 0 spiro atoms. The van der Waals surface area contributed by atoms with E-state index in [1.54, 1.807) is 66.5 Å². The van der Waals surface area contributed by atoms with Gasteiger partial charge in [0.2, 0.25) is 6.79 Å². The molecule has 83 heavy (non-hydrogen) atoms. The van der Waals surface area contributed by atoms with Gasteiger partial charge in [0.05, 0.1) is 84.1 Å². The Morgan fingerprint density at radius 3 is 2.25 bits per heavy atom. The van der Waals surface area contributed by atoms with Crippen LogP contribution >= 0.6 is 0 Å². The summed E-state index contributed by atoms with van der Waals surface area (Å²) in [7, 11) is 8.01. The molecule has 3 aliphatic heterocycles. The molecule has 0 saturated carbocycles. The van der Waals surface area contributed by atoms with Crippen LogP contribution in [0.15, 0.2) is 54.2 Å². The lowest BCUT2D eigenvalue weighted by Crippen LogP contribution is -2.61. The lowest BCUT2D eigenvalue weighted by Gasteiger charge is -2.50. The number of aliphatic hydroxyl groups is 4. The van der Waals surface area contributed by atoms with Crippen molar-refractivity contribution in [3.05, 3.63) is 60.3 Å².